The summed E-state index contributed by atoms with van der Waals surface area (Å²) in [7, 11) is 2.14. The van der Waals surface area contributed by atoms with Gasteiger partial charge in [-0.25, -0.2) is 4.39 Å². The van der Waals surface area contributed by atoms with E-state index in [9.17, 15) is 4.39 Å². The molecule has 102 valence electrons. The minimum atomic E-state index is -0.189. The van der Waals surface area contributed by atoms with Gasteiger partial charge in [-0.2, -0.15) is 0 Å². The van der Waals surface area contributed by atoms with Gasteiger partial charge in [-0.05, 0) is 60.8 Å². The molecule has 6 heteroatoms. The Morgan fingerprint density at radius 3 is 2.95 bits per heavy atom. The fourth-order valence-corrected chi connectivity index (χ4v) is 3.10. The third-order valence-electron chi connectivity index (χ3n) is 3.66. The molecule has 1 fully saturated rings. The second kappa shape index (κ2) is 5.14. The van der Waals surface area contributed by atoms with Gasteiger partial charge in [0.15, 0.2) is 4.77 Å². The highest BCUT2D eigenvalue weighted by molar-refractivity contribution is 14.1. The Morgan fingerprint density at radius 1 is 1.53 bits per heavy atom. The average molecular weight is 391 g/mol. The molecule has 0 aliphatic heterocycles. The predicted octanol–water partition coefficient (Wildman–Crippen LogP) is 3.54. The lowest BCUT2D eigenvalue weighted by Crippen LogP contribution is -2.25. The zero-order valence-corrected chi connectivity index (χ0v) is 13.6. The molecule has 19 heavy (non-hydrogen) atoms. The molecule has 1 saturated carbocycles. The van der Waals surface area contributed by atoms with Crippen molar-refractivity contribution >= 4 is 45.8 Å². The SMILES string of the molecule is CN(CCn1c(=S)[nH]c2cc(I)c(F)cc21)C1CC1. The van der Waals surface area contributed by atoms with E-state index in [2.05, 4.69) is 16.9 Å². The molecule has 0 spiro atoms. The summed E-state index contributed by atoms with van der Waals surface area (Å²) in [5, 5.41) is 0. The fraction of sp³-hybridized carbons (Fsp3) is 0.462. The molecule has 3 rings (SSSR count). The van der Waals surface area contributed by atoms with E-state index in [4.69, 9.17) is 12.2 Å². The van der Waals surface area contributed by atoms with Gasteiger partial charge < -0.3 is 14.5 Å². The van der Waals surface area contributed by atoms with Crippen LogP contribution in [0.4, 0.5) is 4.39 Å². The number of fused-ring (bicyclic) bond motifs is 1. The third-order valence-corrected chi connectivity index (χ3v) is 4.81. The maximum absolute atomic E-state index is 13.7. The number of benzene rings is 1. The van der Waals surface area contributed by atoms with Gasteiger partial charge in [-0.15, -0.1) is 0 Å². The number of aromatic amines is 1. The van der Waals surface area contributed by atoms with Gasteiger partial charge in [-0.3, -0.25) is 0 Å². The number of hydrogen-bond acceptors (Lipinski definition) is 2. The first-order valence-corrected chi connectivity index (χ1v) is 7.83. The lowest BCUT2D eigenvalue weighted by molar-refractivity contribution is 0.310. The first-order valence-electron chi connectivity index (χ1n) is 6.34. The molecule has 1 N–H and O–H groups in total. The Hall–Kier alpha value is -0.470. The van der Waals surface area contributed by atoms with Gasteiger partial charge in [0, 0.05) is 25.2 Å². The summed E-state index contributed by atoms with van der Waals surface area (Å²) in [4.78, 5) is 5.50. The highest BCUT2D eigenvalue weighted by Crippen LogP contribution is 2.25. The van der Waals surface area contributed by atoms with E-state index in [1.54, 1.807) is 6.07 Å². The van der Waals surface area contributed by atoms with E-state index in [0.717, 1.165) is 30.2 Å². The number of rotatable bonds is 4. The van der Waals surface area contributed by atoms with Crippen molar-refractivity contribution in [2.75, 3.05) is 13.6 Å². The van der Waals surface area contributed by atoms with Crippen LogP contribution in [-0.2, 0) is 6.54 Å². The molecule has 3 nitrogen and oxygen atoms in total. The van der Waals surface area contributed by atoms with Crippen molar-refractivity contribution in [1.82, 2.24) is 14.5 Å². The van der Waals surface area contributed by atoms with Crippen molar-refractivity contribution in [2.24, 2.45) is 0 Å². The number of H-pyrrole nitrogens is 1. The maximum Gasteiger partial charge on any atom is 0.178 e. The van der Waals surface area contributed by atoms with Crippen LogP contribution in [0.15, 0.2) is 12.1 Å². The van der Waals surface area contributed by atoms with Gasteiger partial charge in [0.25, 0.3) is 0 Å². The van der Waals surface area contributed by atoms with Gasteiger partial charge in [0.2, 0.25) is 0 Å². The van der Waals surface area contributed by atoms with Gasteiger partial charge in [0.1, 0.15) is 5.82 Å². The van der Waals surface area contributed by atoms with Crippen LogP contribution in [-0.4, -0.2) is 34.1 Å². The van der Waals surface area contributed by atoms with E-state index in [1.807, 2.05) is 33.2 Å². The summed E-state index contributed by atoms with van der Waals surface area (Å²) >= 11 is 7.33. The van der Waals surface area contributed by atoms with Crippen LogP contribution in [0.25, 0.3) is 11.0 Å². The quantitative estimate of drug-likeness (QED) is 0.637. The molecule has 2 aromatic rings. The van der Waals surface area contributed by atoms with Crippen LogP contribution in [0.1, 0.15) is 12.8 Å². The normalized spacial score (nSPS) is 15.6. The monoisotopic (exact) mass is 391 g/mol. The smallest absolute Gasteiger partial charge is 0.178 e. The van der Waals surface area contributed by atoms with Crippen LogP contribution in [0.5, 0.6) is 0 Å². The van der Waals surface area contributed by atoms with E-state index >= 15 is 0 Å². The topological polar surface area (TPSA) is 24.0 Å². The molecule has 0 amide bonds. The first kappa shape index (κ1) is 13.5. The minimum absolute atomic E-state index is 0.189. The Labute approximate surface area is 129 Å². The first-order chi connectivity index (χ1) is 9.06. The molecule has 1 aromatic carbocycles. The Kier molecular flexibility index (Phi) is 3.65. The zero-order valence-electron chi connectivity index (χ0n) is 10.6. The summed E-state index contributed by atoms with van der Waals surface area (Å²) in [6.07, 6.45) is 2.59. The van der Waals surface area contributed by atoms with Crippen LogP contribution < -0.4 is 0 Å². The minimum Gasteiger partial charge on any atom is -0.331 e. The number of hydrogen-bond donors (Lipinski definition) is 1. The van der Waals surface area contributed by atoms with Crippen LogP contribution >= 0.6 is 34.8 Å². The Morgan fingerprint density at radius 2 is 2.26 bits per heavy atom. The number of halogens is 2. The van der Waals surface area contributed by atoms with Crippen LogP contribution in [0.3, 0.4) is 0 Å². The number of aromatic nitrogens is 2. The van der Waals surface area contributed by atoms with E-state index < -0.39 is 0 Å². The largest absolute Gasteiger partial charge is 0.331 e. The summed E-state index contributed by atoms with van der Waals surface area (Å²) in [6.45, 7) is 1.74. The number of nitrogens with zero attached hydrogens (tertiary/aromatic N) is 2. The van der Waals surface area contributed by atoms with Crippen molar-refractivity contribution in [3.05, 3.63) is 26.3 Å². The zero-order chi connectivity index (χ0) is 13.6. The lowest BCUT2D eigenvalue weighted by atomic mass is 10.3. The molecular weight excluding hydrogens is 376 g/mol. The average Bonchev–Trinajstić information content (AvgIpc) is 3.15. The number of imidazole rings is 1. The van der Waals surface area contributed by atoms with Crippen LogP contribution in [0.2, 0.25) is 0 Å². The van der Waals surface area contributed by atoms with Gasteiger partial charge in [-0.1, -0.05) is 0 Å². The van der Waals surface area contributed by atoms with Crippen molar-refractivity contribution < 1.29 is 4.39 Å². The second-order valence-corrected chi connectivity index (χ2v) is 6.63. The molecule has 1 aliphatic rings. The highest BCUT2D eigenvalue weighted by atomic mass is 127. The maximum atomic E-state index is 13.7. The molecule has 0 saturated heterocycles. The number of nitrogens with one attached hydrogen (secondary N) is 1. The van der Waals surface area contributed by atoms with Crippen molar-refractivity contribution in [3.63, 3.8) is 0 Å². The lowest BCUT2D eigenvalue weighted by Gasteiger charge is -2.16. The standard InChI is InChI=1S/C13H15FIN3S/c1-17(8-2-3-8)4-5-18-12-6-9(14)10(15)7-11(12)16-13(18)19/h6-8H,2-5H2,1H3,(H,16,19). The highest BCUT2D eigenvalue weighted by Gasteiger charge is 2.25. The predicted molar refractivity (Wildman–Crippen MR) is 85.4 cm³/mol. The van der Waals surface area contributed by atoms with Crippen LogP contribution in [0, 0.1) is 14.2 Å². The molecule has 0 unspecified atom stereocenters. The van der Waals surface area contributed by atoms with Gasteiger partial charge >= 0.3 is 0 Å². The Balaban J connectivity index is 1.91. The van der Waals surface area contributed by atoms with E-state index in [1.165, 1.54) is 12.8 Å². The summed E-state index contributed by atoms with van der Waals surface area (Å²) < 4.78 is 17.0. The van der Waals surface area contributed by atoms with E-state index in [0.29, 0.717) is 8.34 Å². The molecule has 1 aliphatic carbocycles. The molecule has 0 radical (unpaired) electrons. The number of likely N-dealkylation sites (N-methyl/N-ethyl adjacent to an activating group) is 1. The summed E-state index contributed by atoms with van der Waals surface area (Å²) in [5.41, 5.74) is 1.76. The third kappa shape index (κ3) is 2.71. The summed E-state index contributed by atoms with van der Waals surface area (Å²) in [5.74, 6) is -0.189. The van der Waals surface area contributed by atoms with E-state index in [-0.39, 0.29) is 5.82 Å². The van der Waals surface area contributed by atoms with Gasteiger partial charge in [0.05, 0.1) is 14.6 Å². The molecule has 1 heterocycles. The van der Waals surface area contributed by atoms with Crippen molar-refractivity contribution in [1.29, 1.82) is 0 Å². The molecule has 1 aromatic heterocycles. The second-order valence-electron chi connectivity index (χ2n) is 5.08. The molecule has 0 atom stereocenters. The fourth-order valence-electron chi connectivity index (χ4n) is 2.33. The molecular formula is C13H15FIN3S. The van der Waals surface area contributed by atoms with Crippen molar-refractivity contribution in [3.8, 4) is 0 Å². The summed E-state index contributed by atoms with van der Waals surface area (Å²) in [6, 6.07) is 4.11. The molecule has 0 bridgehead atoms. The van der Waals surface area contributed by atoms with Crippen molar-refractivity contribution in [2.45, 2.75) is 25.4 Å². The Bertz CT molecular complexity index is 674.